The number of rotatable bonds is 14. The maximum atomic E-state index is 13.2. The minimum atomic E-state index is -4.48. The Bertz CT molecular complexity index is 1590. The molecule has 44 heavy (non-hydrogen) atoms. The van der Waals surface area contributed by atoms with Crippen molar-refractivity contribution in [3.8, 4) is 23.0 Å². The molecule has 0 aliphatic carbocycles. The van der Waals surface area contributed by atoms with Gasteiger partial charge in [-0.1, -0.05) is 24.3 Å². The third kappa shape index (κ3) is 9.22. The van der Waals surface area contributed by atoms with Gasteiger partial charge in [-0.25, -0.2) is 0 Å². The molecule has 1 heterocycles. The molecule has 0 unspecified atom stereocenters. The fraction of sp³-hybridized carbons (Fsp3) is 0.250. The smallest absolute Gasteiger partial charge is 0.416 e. The Kier molecular flexibility index (Phi) is 10.9. The van der Waals surface area contributed by atoms with Crippen LogP contribution in [-0.4, -0.2) is 42.6 Å². The zero-order valence-corrected chi connectivity index (χ0v) is 24.8. The predicted molar refractivity (Wildman–Crippen MR) is 159 cm³/mol. The van der Waals surface area contributed by atoms with E-state index in [4.69, 9.17) is 19.3 Å². The van der Waals surface area contributed by atoms with E-state index in [1.807, 2.05) is 30.3 Å². The third-order valence-electron chi connectivity index (χ3n) is 6.45. The summed E-state index contributed by atoms with van der Waals surface area (Å²) in [7, 11) is 3.12. The van der Waals surface area contributed by atoms with Crippen molar-refractivity contribution in [1.29, 1.82) is 0 Å². The van der Waals surface area contributed by atoms with E-state index >= 15 is 0 Å². The molecule has 0 bridgehead atoms. The summed E-state index contributed by atoms with van der Waals surface area (Å²) in [6.07, 6.45) is -4.65. The number of amides is 1. The fourth-order valence-corrected chi connectivity index (χ4v) is 5.38. The molecule has 3 aromatic carbocycles. The summed E-state index contributed by atoms with van der Waals surface area (Å²) >= 11 is 1.31. The number of aliphatic carboxylic acids is 1. The lowest BCUT2D eigenvalue weighted by molar-refractivity contribution is -0.138. The number of thiophene rings is 1. The van der Waals surface area contributed by atoms with Gasteiger partial charge in [-0.3, -0.25) is 14.5 Å². The zero-order chi connectivity index (χ0) is 31.7. The lowest BCUT2D eigenvalue weighted by Gasteiger charge is -2.23. The number of ether oxygens (including phenoxy) is 3. The second-order valence-electron chi connectivity index (χ2n) is 9.78. The van der Waals surface area contributed by atoms with E-state index < -0.39 is 17.7 Å². The highest BCUT2D eigenvalue weighted by atomic mass is 32.1. The number of hydrogen-bond donors (Lipinski definition) is 2. The largest absolute Gasteiger partial charge is 0.493 e. The number of carboxylic acids is 1. The maximum Gasteiger partial charge on any atom is 0.416 e. The van der Waals surface area contributed by atoms with E-state index in [0.717, 1.165) is 28.1 Å². The Balaban J connectivity index is 1.54. The molecule has 2 N–H and O–H groups in total. The van der Waals surface area contributed by atoms with Crippen molar-refractivity contribution >= 4 is 23.2 Å². The zero-order valence-electron chi connectivity index (χ0n) is 24.0. The molecule has 0 fully saturated rings. The highest BCUT2D eigenvalue weighted by Gasteiger charge is 2.30. The molecule has 0 spiro atoms. The molecule has 0 atom stereocenters. The molecule has 1 aromatic heterocycles. The van der Waals surface area contributed by atoms with Crippen molar-refractivity contribution in [2.75, 3.05) is 20.8 Å². The molecule has 0 radical (unpaired) electrons. The number of hydrogen-bond acceptors (Lipinski definition) is 7. The van der Waals surface area contributed by atoms with Crippen molar-refractivity contribution in [1.82, 2.24) is 10.2 Å². The van der Waals surface area contributed by atoms with Gasteiger partial charge in [-0.2, -0.15) is 13.2 Å². The lowest BCUT2D eigenvalue weighted by Crippen LogP contribution is -2.25. The van der Waals surface area contributed by atoms with Crippen LogP contribution in [0.1, 0.15) is 37.7 Å². The molecular formula is C32H31F3N2O6S. The Hall–Kier alpha value is -4.55. The minimum absolute atomic E-state index is 0.0335. The minimum Gasteiger partial charge on any atom is -0.493 e. The van der Waals surface area contributed by atoms with Gasteiger partial charge in [0.1, 0.15) is 11.5 Å². The normalized spacial score (nSPS) is 11.3. The average molecular weight is 629 g/mol. The summed E-state index contributed by atoms with van der Waals surface area (Å²) in [5, 5.41) is 11.4. The molecule has 1 amide bonds. The second-order valence-corrected chi connectivity index (χ2v) is 10.9. The van der Waals surface area contributed by atoms with Gasteiger partial charge in [0.2, 0.25) is 0 Å². The summed E-state index contributed by atoms with van der Waals surface area (Å²) < 4.78 is 56.1. The maximum absolute atomic E-state index is 13.2. The number of alkyl halides is 3. The number of methoxy groups -OCH3 is 2. The van der Waals surface area contributed by atoms with Gasteiger partial charge in [0.15, 0.2) is 11.5 Å². The summed E-state index contributed by atoms with van der Waals surface area (Å²) in [4.78, 5) is 26.8. The first kappa shape index (κ1) is 32.4. The molecule has 0 aliphatic rings. The summed E-state index contributed by atoms with van der Waals surface area (Å²) in [5.74, 6) is 0.314. The number of halogens is 3. The SMILES string of the molecule is COc1ccc(CN(Cc2cccc(Oc3cccc(C(F)(F)F)c3)c2)Cc2ccc(C(=O)NCCC(=O)O)s2)cc1OC. The Morgan fingerprint density at radius 2 is 1.52 bits per heavy atom. The van der Waals surface area contributed by atoms with Crippen LogP contribution in [0.25, 0.3) is 0 Å². The van der Waals surface area contributed by atoms with Crippen LogP contribution >= 0.6 is 11.3 Å². The first-order chi connectivity index (χ1) is 21.0. The van der Waals surface area contributed by atoms with E-state index in [-0.39, 0.29) is 24.6 Å². The van der Waals surface area contributed by atoms with Crippen molar-refractivity contribution < 1.29 is 42.1 Å². The molecule has 232 valence electrons. The Labute approximate surface area is 256 Å². The number of nitrogens with zero attached hydrogens (tertiary/aromatic N) is 1. The van der Waals surface area contributed by atoms with Crippen LogP contribution < -0.4 is 19.5 Å². The van der Waals surface area contributed by atoms with Gasteiger partial charge in [0, 0.05) is 31.1 Å². The van der Waals surface area contributed by atoms with Crippen molar-refractivity contribution in [3.05, 3.63) is 105 Å². The van der Waals surface area contributed by atoms with Crippen molar-refractivity contribution in [2.24, 2.45) is 0 Å². The number of nitrogens with one attached hydrogen (secondary N) is 1. The van der Waals surface area contributed by atoms with Crippen LogP contribution in [0.3, 0.4) is 0 Å². The van der Waals surface area contributed by atoms with Crippen LogP contribution in [0, 0.1) is 0 Å². The molecular weight excluding hydrogens is 597 g/mol. The number of benzene rings is 3. The van der Waals surface area contributed by atoms with Crippen LogP contribution in [0.15, 0.2) is 78.9 Å². The van der Waals surface area contributed by atoms with E-state index in [1.165, 1.54) is 23.5 Å². The molecule has 4 rings (SSSR count). The number of carbonyl (C=O) groups excluding carboxylic acids is 1. The second kappa shape index (κ2) is 14.8. The van der Waals surface area contributed by atoms with E-state index in [9.17, 15) is 22.8 Å². The monoisotopic (exact) mass is 628 g/mol. The molecule has 8 nitrogen and oxygen atoms in total. The molecule has 0 saturated heterocycles. The predicted octanol–water partition coefficient (Wildman–Crippen LogP) is 6.98. The van der Waals surface area contributed by atoms with Crippen LogP contribution in [0.4, 0.5) is 13.2 Å². The Morgan fingerprint density at radius 3 is 2.20 bits per heavy atom. The van der Waals surface area contributed by atoms with Crippen LogP contribution in [0.5, 0.6) is 23.0 Å². The fourth-order valence-electron chi connectivity index (χ4n) is 4.42. The van der Waals surface area contributed by atoms with Gasteiger partial charge < -0.3 is 24.6 Å². The lowest BCUT2D eigenvalue weighted by atomic mass is 10.1. The standard InChI is InChI=1S/C32H31F3N2O6S/c1-41-27-11-9-22(16-28(27)42-2)19-37(20-26-10-12-29(44-26)31(40)36-14-13-30(38)39)18-21-5-3-7-24(15-21)43-25-8-4-6-23(17-25)32(33,34)35/h3-12,15-17H,13-14,18-20H2,1-2H3,(H,36,40)(H,38,39). The summed E-state index contributed by atoms with van der Waals surface area (Å²) in [6.45, 7) is 1.45. The van der Waals surface area contributed by atoms with E-state index in [0.29, 0.717) is 41.8 Å². The van der Waals surface area contributed by atoms with Crippen LogP contribution in [0.2, 0.25) is 0 Å². The van der Waals surface area contributed by atoms with E-state index in [1.54, 1.807) is 38.5 Å². The number of carbonyl (C=O) groups is 2. The highest BCUT2D eigenvalue weighted by Crippen LogP contribution is 2.33. The molecule has 4 aromatic rings. The van der Waals surface area contributed by atoms with E-state index in [2.05, 4.69) is 10.2 Å². The Morgan fingerprint density at radius 1 is 0.841 bits per heavy atom. The molecule has 0 aliphatic heterocycles. The topological polar surface area (TPSA) is 97.3 Å². The summed E-state index contributed by atoms with van der Waals surface area (Å²) in [5.41, 5.74) is 1.01. The summed E-state index contributed by atoms with van der Waals surface area (Å²) in [6, 6.07) is 21.0. The van der Waals surface area contributed by atoms with Crippen molar-refractivity contribution in [3.63, 3.8) is 0 Å². The van der Waals surface area contributed by atoms with Gasteiger partial charge in [0.05, 0.1) is 31.1 Å². The molecule has 12 heteroatoms. The van der Waals surface area contributed by atoms with Crippen LogP contribution in [-0.2, 0) is 30.6 Å². The average Bonchev–Trinajstić information content (AvgIpc) is 3.45. The van der Waals surface area contributed by atoms with Crippen molar-refractivity contribution in [2.45, 2.75) is 32.2 Å². The first-order valence-corrected chi connectivity index (χ1v) is 14.3. The molecule has 0 saturated carbocycles. The van der Waals surface area contributed by atoms with Gasteiger partial charge in [0.25, 0.3) is 5.91 Å². The third-order valence-corrected chi connectivity index (χ3v) is 7.51. The van der Waals surface area contributed by atoms with Gasteiger partial charge >= 0.3 is 12.1 Å². The van der Waals surface area contributed by atoms with Gasteiger partial charge in [-0.15, -0.1) is 11.3 Å². The first-order valence-electron chi connectivity index (χ1n) is 13.5. The number of carboxylic acid groups (broad SMARTS) is 1. The quantitative estimate of drug-likeness (QED) is 0.156. The van der Waals surface area contributed by atoms with Gasteiger partial charge in [-0.05, 0) is 65.7 Å². The highest BCUT2D eigenvalue weighted by molar-refractivity contribution is 7.14.